The molecule has 4 rings (SSSR count). The first-order chi connectivity index (χ1) is 14.9. The molecule has 31 heavy (non-hydrogen) atoms. The Morgan fingerprint density at radius 2 is 1.81 bits per heavy atom. The summed E-state index contributed by atoms with van der Waals surface area (Å²) in [6.45, 7) is 6.60. The van der Waals surface area contributed by atoms with Crippen molar-refractivity contribution in [1.29, 1.82) is 0 Å². The van der Waals surface area contributed by atoms with E-state index in [-0.39, 0.29) is 12.5 Å². The normalized spacial score (nSPS) is 17.8. The quantitative estimate of drug-likeness (QED) is 0.568. The van der Waals surface area contributed by atoms with Crippen molar-refractivity contribution >= 4 is 49.1 Å². The van der Waals surface area contributed by atoms with Crippen LogP contribution in [0.5, 0.6) is 5.75 Å². The second-order valence-corrected chi connectivity index (χ2v) is 9.87. The lowest BCUT2D eigenvalue weighted by Gasteiger charge is -2.37. The average Bonchev–Trinajstić information content (AvgIpc) is 2.75. The molecule has 2 aromatic rings. The Morgan fingerprint density at radius 3 is 2.52 bits per heavy atom. The first-order valence-electron chi connectivity index (χ1n) is 10.6. The summed E-state index contributed by atoms with van der Waals surface area (Å²) < 4.78 is 7.66. The van der Waals surface area contributed by atoms with Gasteiger partial charge in [0.1, 0.15) is 18.5 Å². The number of rotatable bonds is 6. The number of ether oxygens (including phenoxy) is 1. The van der Waals surface area contributed by atoms with Crippen molar-refractivity contribution in [1.82, 2.24) is 4.90 Å². The Kier molecular flexibility index (Phi) is 7.21. The van der Waals surface area contributed by atoms with Gasteiger partial charge in [0.15, 0.2) is 0 Å². The standard InChI is InChI=1S/C23H27Br2N3O3/c1-15-2-4-16(5-3-15)28-10-8-27(9-11-28)13-17(29)14-31-23-18-6-7-21(30)26-22(18)19(24)12-20(23)25/h2-5,12,17,29H,6-11,13-14H2,1H3,(H,26,30). The van der Waals surface area contributed by atoms with E-state index in [2.05, 4.69) is 78.2 Å². The van der Waals surface area contributed by atoms with E-state index in [0.29, 0.717) is 25.1 Å². The number of fused-ring (bicyclic) bond motifs is 1. The van der Waals surface area contributed by atoms with E-state index in [1.165, 1.54) is 11.3 Å². The first kappa shape index (κ1) is 22.6. The zero-order valence-corrected chi connectivity index (χ0v) is 20.7. The van der Waals surface area contributed by atoms with Crippen molar-refractivity contribution in [3.63, 3.8) is 0 Å². The van der Waals surface area contributed by atoms with Crippen molar-refractivity contribution in [2.45, 2.75) is 25.9 Å². The number of piperazine rings is 1. The van der Waals surface area contributed by atoms with E-state index < -0.39 is 6.10 Å². The summed E-state index contributed by atoms with van der Waals surface area (Å²) in [6, 6.07) is 10.5. The fourth-order valence-electron chi connectivity index (χ4n) is 4.10. The third-order valence-electron chi connectivity index (χ3n) is 5.81. The molecule has 2 aliphatic heterocycles. The average molecular weight is 553 g/mol. The summed E-state index contributed by atoms with van der Waals surface area (Å²) in [5.41, 5.74) is 4.24. The molecule has 0 bridgehead atoms. The van der Waals surface area contributed by atoms with Gasteiger partial charge in [0.25, 0.3) is 0 Å². The number of amides is 1. The Bertz CT molecular complexity index is 944. The van der Waals surface area contributed by atoms with Crippen LogP contribution in [0.25, 0.3) is 0 Å². The van der Waals surface area contributed by atoms with Crippen molar-refractivity contribution in [3.8, 4) is 5.75 Å². The van der Waals surface area contributed by atoms with Crippen LogP contribution in [0.2, 0.25) is 0 Å². The predicted octanol–water partition coefficient (Wildman–Crippen LogP) is 3.97. The summed E-state index contributed by atoms with van der Waals surface area (Å²) in [5.74, 6) is 0.702. The molecule has 0 saturated carbocycles. The van der Waals surface area contributed by atoms with E-state index in [9.17, 15) is 9.90 Å². The maximum atomic E-state index is 11.8. The third-order valence-corrected chi connectivity index (χ3v) is 7.03. The lowest BCUT2D eigenvalue weighted by molar-refractivity contribution is -0.116. The predicted molar refractivity (Wildman–Crippen MR) is 130 cm³/mol. The van der Waals surface area contributed by atoms with Gasteiger partial charge in [-0.25, -0.2) is 0 Å². The van der Waals surface area contributed by atoms with Gasteiger partial charge in [-0.05, 0) is 63.4 Å². The molecule has 1 saturated heterocycles. The van der Waals surface area contributed by atoms with E-state index in [4.69, 9.17) is 4.74 Å². The summed E-state index contributed by atoms with van der Waals surface area (Å²) in [5, 5.41) is 13.5. The maximum Gasteiger partial charge on any atom is 0.224 e. The van der Waals surface area contributed by atoms with E-state index in [0.717, 1.165) is 46.4 Å². The zero-order chi connectivity index (χ0) is 22.0. The lowest BCUT2D eigenvalue weighted by Crippen LogP contribution is -2.49. The van der Waals surface area contributed by atoms with Crippen molar-refractivity contribution in [2.75, 3.05) is 49.5 Å². The van der Waals surface area contributed by atoms with Crippen molar-refractivity contribution in [2.24, 2.45) is 0 Å². The second-order valence-electron chi connectivity index (χ2n) is 8.16. The Morgan fingerprint density at radius 1 is 1.10 bits per heavy atom. The van der Waals surface area contributed by atoms with Crippen LogP contribution in [0, 0.1) is 6.92 Å². The summed E-state index contributed by atoms with van der Waals surface area (Å²) in [7, 11) is 0. The molecule has 8 heteroatoms. The number of carbonyl (C=O) groups is 1. The number of anilines is 2. The topological polar surface area (TPSA) is 65.0 Å². The largest absolute Gasteiger partial charge is 0.489 e. The molecular weight excluding hydrogens is 526 g/mol. The minimum absolute atomic E-state index is 0.00582. The zero-order valence-electron chi connectivity index (χ0n) is 17.5. The van der Waals surface area contributed by atoms with E-state index in [1.54, 1.807) is 0 Å². The molecule has 2 N–H and O–H groups in total. The van der Waals surface area contributed by atoms with Gasteiger partial charge in [-0.15, -0.1) is 0 Å². The van der Waals surface area contributed by atoms with Crippen LogP contribution in [0.3, 0.4) is 0 Å². The molecule has 0 aliphatic carbocycles. The molecule has 0 aromatic heterocycles. The highest BCUT2D eigenvalue weighted by atomic mass is 79.9. The molecule has 6 nitrogen and oxygen atoms in total. The van der Waals surface area contributed by atoms with Crippen LogP contribution in [-0.4, -0.2) is 61.3 Å². The summed E-state index contributed by atoms with van der Waals surface area (Å²) >= 11 is 7.06. The number of aryl methyl sites for hydroxylation is 1. The number of hydrogen-bond acceptors (Lipinski definition) is 5. The molecule has 166 valence electrons. The van der Waals surface area contributed by atoms with Crippen LogP contribution >= 0.6 is 31.9 Å². The highest BCUT2D eigenvalue weighted by molar-refractivity contribution is 9.11. The number of benzene rings is 2. The molecule has 1 unspecified atom stereocenters. The van der Waals surface area contributed by atoms with Crippen molar-refractivity contribution < 1.29 is 14.6 Å². The Hall–Kier alpha value is -1.61. The van der Waals surface area contributed by atoms with Crippen molar-refractivity contribution in [3.05, 3.63) is 50.4 Å². The van der Waals surface area contributed by atoms with E-state index >= 15 is 0 Å². The molecule has 1 amide bonds. The monoisotopic (exact) mass is 551 g/mol. The molecule has 2 aliphatic rings. The summed E-state index contributed by atoms with van der Waals surface area (Å²) in [4.78, 5) is 16.4. The van der Waals surface area contributed by atoms with Crippen LogP contribution in [0.15, 0.2) is 39.3 Å². The van der Waals surface area contributed by atoms with Crippen LogP contribution < -0.4 is 15.0 Å². The maximum absolute atomic E-state index is 11.8. The molecule has 2 aromatic carbocycles. The molecule has 2 heterocycles. The minimum Gasteiger partial charge on any atom is -0.489 e. The molecule has 1 atom stereocenters. The van der Waals surface area contributed by atoms with E-state index in [1.807, 2.05) is 6.07 Å². The van der Waals surface area contributed by atoms with Crippen LogP contribution in [0.1, 0.15) is 17.5 Å². The number of nitrogens with one attached hydrogen (secondary N) is 1. The van der Waals surface area contributed by atoms with Gasteiger partial charge in [0.05, 0.1) is 10.2 Å². The number of aliphatic hydroxyl groups is 1. The lowest BCUT2D eigenvalue weighted by atomic mass is 10.0. The number of halogens is 2. The van der Waals surface area contributed by atoms with Gasteiger partial charge in [0.2, 0.25) is 5.91 Å². The van der Waals surface area contributed by atoms with Gasteiger partial charge in [-0.2, -0.15) is 0 Å². The molecular formula is C23H27Br2N3O3. The second kappa shape index (κ2) is 9.90. The number of carbonyl (C=O) groups excluding carboxylic acids is 1. The number of nitrogens with zero attached hydrogens (tertiary/aromatic N) is 2. The molecule has 0 spiro atoms. The van der Waals surface area contributed by atoms with Crippen LogP contribution in [-0.2, 0) is 11.2 Å². The first-order valence-corrected chi connectivity index (χ1v) is 12.1. The van der Waals surface area contributed by atoms with Gasteiger partial charge >= 0.3 is 0 Å². The molecule has 1 fully saturated rings. The van der Waals surface area contributed by atoms with Crippen LogP contribution in [0.4, 0.5) is 11.4 Å². The van der Waals surface area contributed by atoms with Gasteiger partial charge in [0, 0.05) is 54.9 Å². The smallest absolute Gasteiger partial charge is 0.224 e. The number of β-amino-alcohol motifs (C(OH)–C–C–N with tert-alkyl or cyclic N) is 1. The van der Waals surface area contributed by atoms with Gasteiger partial charge < -0.3 is 20.1 Å². The number of aliphatic hydroxyl groups excluding tert-OH is 1. The molecule has 0 radical (unpaired) electrons. The SMILES string of the molecule is Cc1ccc(N2CCN(CC(O)COc3c(Br)cc(Br)c4c3CCC(=O)N4)CC2)cc1. The Labute approximate surface area is 199 Å². The summed E-state index contributed by atoms with van der Waals surface area (Å²) in [6.07, 6.45) is 0.460. The minimum atomic E-state index is -0.588. The third kappa shape index (κ3) is 5.42. The fourth-order valence-corrected chi connectivity index (χ4v) is 5.55. The van der Waals surface area contributed by atoms with Gasteiger partial charge in [-0.1, -0.05) is 17.7 Å². The fraction of sp³-hybridized carbons (Fsp3) is 0.435. The highest BCUT2D eigenvalue weighted by Crippen LogP contribution is 2.42. The Balaban J connectivity index is 1.30. The highest BCUT2D eigenvalue weighted by Gasteiger charge is 2.25. The van der Waals surface area contributed by atoms with Gasteiger partial charge in [-0.3, -0.25) is 9.69 Å². The number of hydrogen-bond donors (Lipinski definition) is 2.